The van der Waals surface area contributed by atoms with Crippen LogP contribution < -0.4 is 15.5 Å². The van der Waals surface area contributed by atoms with E-state index in [-0.39, 0.29) is 17.5 Å². The predicted molar refractivity (Wildman–Crippen MR) is 101 cm³/mol. The molecule has 28 heavy (non-hydrogen) atoms. The van der Waals surface area contributed by atoms with Gasteiger partial charge >= 0.3 is 6.18 Å². The molecule has 0 saturated carbocycles. The van der Waals surface area contributed by atoms with Crippen molar-refractivity contribution >= 4 is 28.9 Å². The summed E-state index contributed by atoms with van der Waals surface area (Å²) in [6.45, 7) is 2.36. The third-order valence-corrected chi connectivity index (χ3v) is 4.51. The van der Waals surface area contributed by atoms with Crippen molar-refractivity contribution in [1.29, 1.82) is 0 Å². The Kier molecular flexibility index (Phi) is 5.58. The van der Waals surface area contributed by atoms with E-state index in [4.69, 9.17) is 0 Å². The van der Waals surface area contributed by atoms with Crippen LogP contribution in [-0.4, -0.2) is 24.4 Å². The van der Waals surface area contributed by atoms with Crippen LogP contribution in [0.15, 0.2) is 48.5 Å². The monoisotopic (exact) mass is 391 g/mol. The molecule has 0 aliphatic carbocycles. The summed E-state index contributed by atoms with van der Waals surface area (Å²) < 4.78 is 37.7. The van der Waals surface area contributed by atoms with E-state index < -0.39 is 17.8 Å². The number of carbonyl (C=O) groups is 2. The zero-order valence-electron chi connectivity index (χ0n) is 15.2. The third-order valence-electron chi connectivity index (χ3n) is 4.51. The van der Waals surface area contributed by atoms with Crippen molar-refractivity contribution in [2.75, 3.05) is 22.1 Å². The zero-order chi connectivity index (χ0) is 20.3. The average molecular weight is 391 g/mol. The normalized spacial score (nSPS) is 15.4. The number of amides is 2. The average Bonchev–Trinajstić information content (AvgIpc) is 3.08. The summed E-state index contributed by atoms with van der Waals surface area (Å²) in [4.78, 5) is 25.8. The molecule has 0 aromatic heterocycles. The molecule has 1 aliphatic rings. The van der Waals surface area contributed by atoms with Gasteiger partial charge in [-0.1, -0.05) is 0 Å². The molecule has 1 unspecified atom stereocenters. The molecule has 2 aromatic rings. The number of carbonyl (C=O) groups excluding carboxylic acids is 2. The van der Waals surface area contributed by atoms with Crippen LogP contribution in [0, 0.1) is 0 Å². The van der Waals surface area contributed by atoms with Gasteiger partial charge in [0.1, 0.15) is 6.04 Å². The maximum atomic E-state index is 12.6. The van der Waals surface area contributed by atoms with E-state index in [0.717, 1.165) is 24.2 Å². The predicted octanol–water partition coefficient (Wildman–Crippen LogP) is 4.27. The first-order chi connectivity index (χ1) is 13.2. The van der Waals surface area contributed by atoms with Crippen molar-refractivity contribution in [3.05, 3.63) is 54.1 Å². The minimum absolute atomic E-state index is 0.102. The fraction of sp³-hybridized carbons (Fsp3) is 0.300. The van der Waals surface area contributed by atoms with Gasteiger partial charge in [-0.2, -0.15) is 13.2 Å². The molecule has 0 bridgehead atoms. The summed E-state index contributed by atoms with van der Waals surface area (Å²) in [6.07, 6.45) is -3.01. The molecule has 1 heterocycles. The minimum atomic E-state index is -4.41. The molecule has 0 spiro atoms. The van der Waals surface area contributed by atoms with E-state index in [1.807, 2.05) is 12.1 Å². The Morgan fingerprint density at radius 1 is 1.04 bits per heavy atom. The Bertz CT molecular complexity index is 848. The molecule has 148 valence electrons. The number of benzene rings is 2. The van der Waals surface area contributed by atoms with E-state index in [2.05, 4.69) is 10.6 Å². The largest absolute Gasteiger partial charge is 0.416 e. The van der Waals surface area contributed by atoms with Crippen LogP contribution in [0.3, 0.4) is 0 Å². The fourth-order valence-corrected chi connectivity index (χ4v) is 2.97. The van der Waals surface area contributed by atoms with Crippen LogP contribution in [0.4, 0.5) is 30.2 Å². The van der Waals surface area contributed by atoms with Crippen LogP contribution in [0.5, 0.6) is 0 Å². The second-order valence-electron chi connectivity index (χ2n) is 6.63. The van der Waals surface area contributed by atoms with Gasteiger partial charge in [-0.15, -0.1) is 0 Å². The van der Waals surface area contributed by atoms with E-state index in [9.17, 15) is 22.8 Å². The fourth-order valence-electron chi connectivity index (χ4n) is 2.97. The molecular formula is C20H20F3N3O2. The highest BCUT2D eigenvalue weighted by Crippen LogP contribution is 2.30. The van der Waals surface area contributed by atoms with Crippen LogP contribution in [0.25, 0.3) is 0 Å². The van der Waals surface area contributed by atoms with Gasteiger partial charge in [-0.05, 0) is 61.9 Å². The second kappa shape index (κ2) is 7.92. The van der Waals surface area contributed by atoms with Crippen molar-refractivity contribution in [3.8, 4) is 0 Å². The maximum absolute atomic E-state index is 12.6. The van der Waals surface area contributed by atoms with Gasteiger partial charge in [0.25, 0.3) is 0 Å². The van der Waals surface area contributed by atoms with Crippen molar-refractivity contribution in [3.63, 3.8) is 0 Å². The van der Waals surface area contributed by atoms with Crippen molar-refractivity contribution in [1.82, 2.24) is 0 Å². The van der Waals surface area contributed by atoms with Gasteiger partial charge in [-0.3, -0.25) is 9.59 Å². The van der Waals surface area contributed by atoms with E-state index in [0.29, 0.717) is 18.7 Å². The number of hydrogen-bond acceptors (Lipinski definition) is 3. The first-order valence-corrected chi connectivity index (χ1v) is 8.89. The molecule has 8 heteroatoms. The van der Waals surface area contributed by atoms with Gasteiger partial charge < -0.3 is 15.5 Å². The maximum Gasteiger partial charge on any atom is 0.416 e. The Labute approximate surface area is 160 Å². The van der Waals surface area contributed by atoms with Crippen LogP contribution in [0.1, 0.15) is 25.3 Å². The molecule has 2 aromatic carbocycles. The zero-order valence-corrected chi connectivity index (χ0v) is 15.2. The number of anilines is 3. The van der Waals surface area contributed by atoms with Gasteiger partial charge in [0, 0.05) is 30.0 Å². The van der Waals surface area contributed by atoms with E-state index in [1.54, 1.807) is 24.0 Å². The van der Waals surface area contributed by atoms with Crippen molar-refractivity contribution in [2.45, 2.75) is 32.0 Å². The van der Waals surface area contributed by atoms with Crippen LogP contribution >= 0.6 is 0 Å². The number of nitrogens with zero attached hydrogens (tertiary/aromatic N) is 1. The van der Waals surface area contributed by atoms with Crippen molar-refractivity contribution in [2.24, 2.45) is 0 Å². The van der Waals surface area contributed by atoms with Gasteiger partial charge in [0.05, 0.1) is 5.56 Å². The number of alkyl halides is 3. The summed E-state index contributed by atoms with van der Waals surface area (Å²) >= 11 is 0. The molecule has 5 nitrogen and oxygen atoms in total. The van der Waals surface area contributed by atoms with Gasteiger partial charge in [-0.25, -0.2) is 0 Å². The Balaban J connectivity index is 1.57. The van der Waals surface area contributed by atoms with Crippen LogP contribution in [0.2, 0.25) is 0 Å². The lowest BCUT2D eigenvalue weighted by molar-refractivity contribution is -0.137. The lowest BCUT2D eigenvalue weighted by atomic mass is 10.2. The summed E-state index contributed by atoms with van der Waals surface area (Å²) in [5.74, 6) is -0.274. The lowest BCUT2D eigenvalue weighted by Gasteiger charge is -2.18. The first kappa shape index (κ1) is 19.7. The van der Waals surface area contributed by atoms with E-state index >= 15 is 0 Å². The molecule has 1 aliphatic heterocycles. The Morgan fingerprint density at radius 3 is 2.18 bits per heavy atom. The highest BCUT2D eigenvalue weighted by Gasteiger charge is 2.30. The van der Waals surface area contributed by atoms with Gasteiger partial charge in [0.2, 0.25) is 11.8 Å². The number of halogens is 3. The summed E-state index contributed by atoms with van der Waals surface area (Å²) in [5.41, 5.74) is 1.03. The summed E-state index contributed by atoms with van der Waals surface area (Å²) in [5, 5.41) is 5.61. The first-order valence-electron chi connectivity index (χ1n) is 8.89. The smallest absolute Gasteiger partial charge is 0.374 e. The molecule has 1 saturated heterocycles. The Hall–Kier alpha value is -3.03. The Morgan fingerprint density at radius 2 is 1.64 bits per heavy atom. The lowest BCUT2D eigenvalue weighted by Crippen LogP contribution is -2.31. The number of hydrogen-bond donors (Lipinski definition) is 2. The molecule has 1 fully saturated rings. The minimum Gasteiger partial charge on any atom is -0.374 e. The SMILES string of the molecule is CC(Nc1ccc(N2CCCC2=O)cc1)C(=O)Nc1ccc(C(F)(F)F)cc1. The van der Waals surface area contributed by atoms with Gasteiger partial charge in [0.15, 0.2) is 0 Å². The summed E-state index contributed by atoms with van der Waals surface area (Å²) in [7, 11) is 0. The quantitative estimate of drug-likeness (QED) is 0.800. The number of rotatable bonds is 5. The molecule has 0 radical (unpaired) electrons. The second-order valence-corrected chi connectivity index (χ2v) is 6.63. The topological polar surface area (TPSA) is 61.4 Å². The molecular weight excluding hydrogens is 371 g/mol. The van der Waals surface area contributed by atoms with Crippen molar-refractivity contribution < 1.29 is 22.8 Å². The molecule has 2 N–H and O–H groups in total. The molecule has 3 rings (SSSR count). The van der Waals surface area contributed by atoms with E-state index in [1.165, 1.54) is 12.1 Å². The number of nitrogens with one attached hydrogen (secondary N) is 2. The standard InChI is InChI=1S/C20H20F3N3O2/c1-13(19(28)25-16-6-4-14(5-7-16)20(21,22)23)24-15-8-10-17(11-9-15)26-12-2-3-18(26)27/h4-11,13,24H,2-3,12H2,1H3,(H,25,28). The summed E-state index contributed by atoms with van der Waals surface area (Å²) in [6, 6.07) is 10.9. The highest BCUT2D eigenvalue weighted by molar-refractivity contribution is 5.97. The third kappa shape index (κ3) is 4.62. The molecule has 2 amide bonds. The highest BCUT2D eigenvalue weighted by atomic mass is 19.4. The molecule has 1 atom stereocenters. The van der Waals surface area contributed by atoms with Crippen LogP contribution in [-0.2, 0) is 15.8 Å².